The lowest BCUT2D eigenvalue weighted by atomic mass is 10.1. The molecule has 0 aliphatic rings. The Labute approximate surface area is 117 Å². The number of carbonyl (C=O) groups is 2. The van der Waals surface area contributed by atoms with Crippen molar-refractivity contribution in [2.45, 2.75) is 13.3 Å². The highest BCUT2D eigenvalue weighted by molar-refractivity contribution is 5.96. The summed E-state index contributed by atoms with van der Waals surface area (Å²) in [5.41, 5.74) is 3.94. The topological polar surface area (TPSA) is 55.4 Å². The minimum atomic E-state index is -0.563. The van der Waals surface area contributed by atoms with Crippen LogP contribution in [0.15, 0.2) is 54.6 Å². The van der Waals surface area contributed by atoms with Crippen molar-refractivity contribution in [1.29, 1.82) is 0 Å². The molecule has 1 N–H and O–H groups in total. The predicted molar refractivity (Wildman–Crippen MR) is 75.1 cm³/mol. The van der Waals surface area contributed by atoms with Crippen molar-refractivity contribution in [1.82, 2.24) is 5.48 Å². The Morgan fingerprint density at radius 1 is 1.00 bits per heavy atom. The second kappa shape index (κ2) is 6.52. The van der Waals surface area contributed by atoms with E-state index in [2.05, 4.69) is 5.48 Å². The molecule has 0 saturated heterocycles. The quantitative estimate of drug-likeness (QED) is 0.872. The molecule has 2 rings (SSSR count). The third-order valence-corrected chi connectivity index (χ3v) is 2.89. The van der Waals surface area contributed by atoms with E-state index in [0.717, 1.165) is 12.0 Å². The minimum Gasteiger partial charge on any atom is -0.335 e. The van der Waals surface area contributed by atoms with Gasteiger partial charge in [0, 0.05) is 5.56 Å². The van der Waals surface area contributed by atoms with Crippen LogP contribution in [0.2, 0.25) is 0 Å². The van der Waals surface area contributed by atoms with Crippen LogP contribution >= 0.6 is 0 Å². The van der Waals surface area contributed by atoms with Gasteiger partial charge in [0.25, 0.3) is 5.91 Å². The maximum Gasteiger partial charge on any atom is 0.363 e. The van der Waals surface area contributed by atoms with Crippen LogP contribution in [-0.4, -0.2) is 11.9 Å². The number of amides is 1. The third kappa shape index (κ3) is 3.23. The molecule has 0 aromatic heterocycles. The highest BCUT2D eigenvalue weighted by atomic mass is 16.7. The Morgan fingerprint density at radius 2 is 1.65 bits per heavy atom. The molecule has 0 bridgehead atoms. The van der Waals surface area contributed by atoms with Crippen molar-refractivity contribution in [3.63, 3.8) is 0 Å². The Balaban J connectivity index is 2.01. The van der Waals surface area contributed by atoms with E-state index in [9.17, 15) is 9.59 Å². The molecule has 0 aliphatic carbocycles. The molecule has 0 spiro atoms. The second-order valence-corrected chi connectivity index (χ2v) is 4.20. The van der Waals surface area contributed by atoms with E-state index in [1.807, 2.05) is 19.1 Å². The first-order valence-electron chi connectivity index (χ1n) is 6.37. The lowest BCUT2D eigenvalue weighted by Crippen LogP contribution is -2.27. The van der Waals surface area contributed by atoms with Crippen LogP contribution in [0.4, 0.5) is 0 Å². The van der Waals surface area contributed by atoms with Crippen molar-refractivity contribution in [3.05, 3.63) is 71.3 Å². The summed E-state index contributed by atoms with van der Waals surface area (Å²) in [6, 6.07) is 15.7. The SMILES string of the molecule is CCc1ccccc1C(=O)ONC(=O)c1ccccc1. The van der Waals surface area contributed by atoms with Crippen molar-refractivity contribution in [2.75, 3.05) is 0 Å². The van der Waals surface area contributed by atoms with Gasteiger partial charge in [0.1, 0.15) is 0 Å². The molecule has 0 aliphatic heterocycles. The zero-order valence-corrected chi connectivity index (χ0v) is 11.1. The number of nitrogens with one attached hydrogen (secondary N) is 1. The molecule has 1 amide bonds. The Kier molecular flexibility index (Phi) is 4.50. The second-order valence-electron chi connectivity index (χ2n) is 4.20. The Morgan fingerprint density at radius 3 is 2.35 bits per heavy atom. The lowest BCUT2D eigenvalue weighted by molar-refractivity contribution is 0.0229. The molecule has 4 nitrogen and oxygen atoms in total. The van der Waals surface area contributed by atoms with Crippen LogP contribution in [-0.2, 0) is 11.3 Å². The zero-order valence-electron chi connectivity index (χ0n) is 11.1. The Bertz CT molecular complexity index is 608. The molecule has 0 unspecified atom stereocenters. The standard InChI is InChI=1S/C16H15NO3/c1-2-12-8-6-7-11-14(12)16(19)20-17-15(18)13-9-4-3-5-10-13/h3-11H,2H2,1H3,(H,17,18). The van der Waals surface area contributed by atoms with E-state index in [1.54, 1.807) is 42.5 Å². The first-order chi connectivity index (χ1) is 9.72. The first-order valence-corrected chi connectivity index (χ1v) is 6.37. The summed E-state index contributed by atoms with van der Waals surface area (Å²) in [4.78, 5) is 28.5. The van der Waals surface area contributed by atoms with Crippen molar-refractivity contribution >= 4 is 11.9 Å². The van der Waals surface area contributed by atoms with Gasteiger partial charge in [0.2, 0.25) is 0 Å². The van der Waals surface area contributed by atoms with Crippen LogP contribution in [0, 0.1) is 0 Å². The fraction of sp³-hybridized carbons (Fsp3) is 0.125. The van der Waals surface area contributed by atoms with Crippen LogP contribution in [0.3, 0.4) is 0 Å². The predicted octanol–water partition coefficient (Wildman–Crippen LogP) is 2.75. The van der Waals surface area contributed by atoms with Gasteiger partial charge in [-0.25, -0.2) is 4.79 Å². The third-order valence-electron chi connectivity index (χ3n) is 2.89. The van der Waals surface area contributed by atoms with Gasteiger partial charge in [-0.1, -0.05) is 43.3 Å². The molecule has 0 saturated carbocycles. The van der Waals surface area contributed by atoms with Gasteiger partial charge in [0.15, 0.2) is 0 Å². The monoisotopic (exact) mass is 269 g/mol. The van der Waals surface area contributed by atoms with Gasteiger partial charge in [-0.15, -0.1) is 0 Å². The molecule has 0 atom stereocenters. The Hall–Kier alpha value is -2.62. The number of carbonyl (C=O) groups excluding carboxylic acids is 2. The van der Waals surface area contributed by atoms with Crippen LogP contribution in [0.5, 0.6) is 0 Å². The fourth-order valence-electron chi connectivity index (χ4n) is 1.82. The van der Waals surface area contributed by atoms with Gasteiger partial charge in [0.05, 0.1) is 5.56 Å². The summed E-state index contributed by atoms with van der Waals surface area (Å²) in [6.07, 6.45) is 0.720. The first kappa shape index (κ1) is 13.8. The highest BCUT2D eigenvalue weighted by Gasteiger charge is 2.13. The summed E-state index contributed by atoms with van der Waals surface area (Å²) in [6.45, 7) is 1.95. The molecule has 0 radical (unpaired) electrons. The molecular weight excluding hydrogens is 254 g/mol. The van der Waals surface area contributed by atoms with Crippen LogP contribution in [0.25, 0.3) is 0 Å². The molecule has 2 aromatic carbocycles. The molecule has 102 valence electrons. The minimum absolute atomic E-state index is 0.434. The van der Waals surface area contributed by atoms with Gasteiger partial charge in [-0.2, -0.15) is 5.48 Å². The van der Waals surface area contributed by atoms with Gasteiger partial charge < -0.3 is 4.84 Å². The average molecular weight is 269 g/mol. The van der Waals surface area contributed by atoms with Crippen LogP contribution in [0.1, 0.15) is 33.2 Å². The van der Waals surface area contributed by atoms with E-state index >= 15 is 0 Å². The normalized spacial score (nSPS) is 9.85. The molecular formula is C16H15NO3. The maximum absolute atomic E-state index is 11.9. The number of hydroxylamine groups is 1. The van der Waals surface area contributed by atoms with Crippen molar-refractivity contribution in [3.8, 4) is 0 Å². The summed E-state index contributed by atoms with van der Waals surface area (Å²) in [5, 5.41) is 0. The fourth-order valence-corrected chi connectivity index (χ4v) is 1.82. The molecule has 2 aromatic rings. The number of hydrogen-bond donors (Lipinski definition) is 1. The van der Waals surface area contributed by atoms with E-state index in [1.165, 1.54) is 0 Å². The maximum atomic E-state index is 11.9. The number of hydrogen-bond acceptors (Lipinski definition) is 3. The highest BCUT2D eigenvalue weighted by Crippen LogP contribution is 2.10. The zero-order chi connectivity index (χ0) is 14.4. The summed E-state index contributed by atoms with van der Waals surface area (Å²) in [5.74, 6) is -1.01. The summed E-state index contributed by atoms with van der Waals surface area (Å²) < 4.78 is 0. The number of benzene rings is 2. The van der Waals surface area contributed by atoms with Crippen molar-refractivity contribution < 1.29 is 14.4 Å². The number of aryl methyl sites for hydroxylation is 1. The van der Waals surface area contributed by atoms with E-state index in [-0.39, 0.29) is 0 Å². The van der Waals surface area contributed by atoms with E-state index < -0.39 is 11.9 Å². The van der Waals surface area contributed by atoms with Gasteiger partial charge in [-0.05, 0) is 30.2 Å². The van der Waals surface area contributed by atoms with Gasteiger partial charge in [-0.3, -0.25) is 4.79 Å². The van der Waals surface area contributed by atoms with E-state index in [4.69, 9.17) is 4.84 Å². The van der Waals surface area contributed by atoms with E-state index in [0.29, 0.717) is 11.1 Å². The van der Waals surface area contributed by atoms with Gasteiger partial charge >= 0.3 is 5.97 Å². The largest absolute Gasteiger partial charge is 0.363 e. The van der Waals surface area contributed by atoms with Crippen LogP contribution < -0.4 is 5.48 Å². The molecule has 0 heterocycles. The number of rotatable bonds is 3. The summed E-state index contributed by atoms with van der Waals surface area (Å²) >= 11 is 0. The molecule has 4 heteroatoms. The molecule has 20 heavy (non-hydrogen) atoms. The summed E-state index contributed by atoms with van der Waals surface area (Å²) in [7, 11) is 0. The smallest absolute Gasteiger partial charge is 0.335 e. The van der Waals surface area contributed by atoms with Crippen molar-refractivity contribution in [2.24, 2.45) is 0 Å². The molecule has 0 fully saturated rings. The lowest BCUT2D eigenvalue weighted by Gasteiger charge is -2.08. The average Bonchev–Trinajstić information content (AvgIpc) is 2.53.